The van der Waals surface area contributed by atoms with Gasteiger partial charge in [0.15, 0.2) is 0 Å². The summed E-state index contributed by atoms with van der Waals surface area (Å²) in [5.74, 6) is 0.536. The number of benzene rings is 2. The van der Waals surface area contributed by atoms with Crippen molar-refractivity contribution in [1.82, 2.24) is 0 Å². The van der Waals surface area contributed by atoms with Gasteiger partial charge in [0.05, 0.1) is 11.5 Å². The summed E-state index contributed by atoms with van der Waals surface area (Å²) in [5.41, 5.74) is 1.11. The topological polar surface area (TPSA) is 81.5 Å². The first kappa shape index (κ1) is 16.5. The number of ether oxygens (including phenoxy) is 1. The summed E-state index contributed by atoms with van der Waals surface area (Å²) in [7, 11) is 0. The quantitative estimate of drug-likeness (QED) is 0.625. The van der Waals surface area contributed by atoms with Crippen LogP contribution in [0, 0.1) is 10.1 Å². The van der Waals surface area contributed by atoms with Crippen molar-refractivity contribution in [3.8, 4) is 5.75 Å². The molecule has 0 aliphatic rings. The van der Waals surface area contributed by atoms with Crippen LogP contribution in [0.3, 0.4) is 0 Å². The highest BCUT2D eigenvalue weighted by Crippen LogP contribution is 2.23. The zero-order valence-corrected chi connectivity index (χ0v) is 12.8. The molecule has 6 heteroatoms. The Morgan fingerprint density at radius 3 is 2.52 bits per heavy atom. The third-order valence-electron chi connectivity index (χ3n) is 3.25. The molecule has 6 nitrogen and oxygen atoms in total. The fraction of sp³-hybridized carbons (Fsp3) is 0.235. The first-order valence-corrected chi connectivity index (χ1v) is 7.35. The Morgan fingerprint density at radius 1 is 1.17 bits per heavy atom. The summed E-state index contributed by atoms with van der Waals surface area (Å²) in [6, 6.07) is 13.6. The number of hydrogen-bond acceptors (Lipinski definition) is 4. The number of rotatable bonds is 7. The average Bonchev–Trinajstić information content (AvgIpc) is 2.55. The van der Waals surface area contributed by atoms with Gasteiger partial charge in [-0.3, -0.25) is 14.9 Å². The van der Waals surface area contributed by atoms with Crippen molar-refractivity contribution in [1.29, 1.82) is 0 Å². The molecule has 0 fully saturated rings. The molecule has 0 saturated heterocycles. The van der Waals surface area contributed by atoms with Crippen LogP contribution in [0.4, 0.5) is 11.4 Å². The Balaban J connectivity index is 1.91. The van der Waals surface area contributed by atoms with Crippen LogP contribution >= 0.6 is 0 Å². The van der Waals surface area contributed by atoms with Crippen LogP contribution in [-0.2, 0) is 11.2 Å². The number of carbonyl (C=O) groups is 1. The molecule has 0 radical (unpaired) electrons. The lowest BCUT2D eigenvalue weighted by molar-refractivity contribution is -0.383. The largest absolute Gasteiger partial charge is 0.494 e. The van der Waals surface area contributed by atoms with Crippen LogP contribution in [-0.4, -0.2) is 17.4 Å². The number of carbonyl (C=O) groups excluding carboxylic acids is 1. The van der Waals surface area contributed by atoms with E-state index in [0.717, 1.165) is 11.3 Å². The lowest BCUT2D eigenvalue weighted by Crippen LogP contribution is -2.13. The molecule has 0 aromatic heterocycles. The minimum absolute atomic E-state index is 0.109. The molecule has 2 aromatic carbocycles. The third kappa shape index (κ3) is 4.81. The van der Waals surface area contributed by atoms with Crippen LogP contribution in [0.1, 0.15) is 18.9 Å². The highest BCUT2D eigenvalue weighted by molar-refractivity contribution is 5.93. The molecule has 2 aromatic rings. The Kier molecular flexibility index (Phi) is 5.68. The molecule has 120 valence electrons. The summed E-state index contributed by atoms with van der Waals surface area (Å²) in [5, 5.41) is 13.5. The minimum Gasteiger partial charge on any atom is -0.494 e. The van der Waals surface area contributed by atoms with Crippen molar-refractivity contribution in [3.05, 3.63) is 64.2 Å². The molecule has 23 heavy (non-hydrogen) atoms. The van der Waals surface area contributed by atoms with Gasteiger partial charge in [0.1, 0.15) is 11.4 Å². The fourth-order valence-electron chi connectivity index (χ4n) is 2.13. The van der Waals surface area contributed by atoms with E-state index < -0.39 is 4.92 Å². The number of aryl methyl sites for hydroxylation is 1. The SMILES string of the molecule is CCOc1ccc(CCC(=O)Nc2ccccc2[N+](=O)[O-])cc1. The number of anilines is 1. The summed E-state index contributed by atoms with van der Waals surface area (Å²) >= 11 is 0. The van der Waals surface area contributed by atoms with Crippen molar-refractivity contribution in [2.24, 2.45) is 0 Å². The number of hydrogen-bond donors (Lipinski definition) is 1. The Labute approximate surface area is 134 Å². The Morgan fingerprint density at radius 2 is 1.87 bits per heavy atom. The molecule has 0 atom stereocenters. The predicted molar refractivity (Wildman–Crippen MR) is 87.7 cm³/mol. The lowest BCUT2D eigenvalue weighted by atomic mass is 10.1. The number of nitro groups is 1. The molecule has 0 unspecified atom stereocenters. The van der Waals surface area contributed by atoms with Crippen molar-refractivity contribution >= 4 is 17.3 Å². The first-order valence-electron chi connectivity index (χ1n) is 7.35. The molecule has 1 N–H and O–H groups in total. The first-order chi connectivity index (χ1) is 11.1. The fourth-order valence-corrected chi connectivity index (χ4v) is 2.13. The second kappa shape index (κ2) is 7.93. The van der Waals surface area contributed by atoms with Gasteiger partial charge < -0.3 is 10.1 Å². The number of nitro benzene ring substituents is 1. The van der Waals surface area contributed by atoms with Crippen molar-refractivity contribution < 1.29 is 14.5 Å². The van der Waals surface area contributed by atoms with Crippen LogP contribution in [0.15, 0.2) is 48.5 Å². The smallest absolute Gasteiger partial charge is 0.292 e. The van der Waals surface area contributed by atoms with Crippen LogP contribution in [0.2, 0.25) is 0 Å². The van der Waals surface area contributed by atoms with E-state index in [1.54, 1.807) is 12.1 Å². The zero-order valence-electron chi connectivity index (χ0n) is 12.8. The molecule has 2 rings (SSSR count). The molecule has 0 aliphatic heterocycles. The molecule has 0 aliphatic carbocycles. The van der Waals surface area contributed by atoms with Gasteiger partial charge in [-0.25, -0.2) is 0 Å². The van der Waals surface area contributed by atoms with Gasteiger partial charge in [0, 0.05) is 12.5 Å². The second-order valence-electron chi connectivity index (χ2n) is 4.90. The van der Waals surface area contributed by atoms with Gasteiger partial charge in [-0.15, -0.1) is 0 Å². The number of nitrogens with zero attached hydrogens (tertiary/aromatic N) is 1. The van der Waals surface area contributed by atoms with E-state index in [-0.39, 0.29) is 23.7 Å². The van der Waals surface area contributed by atoms with E-state index in [1.165, 1.54) is 12.1 Å². The molecule has 0 spiro atoms. The third-order valence-corrected chi connectivity index (χ3v) is 3.25. The summed E-state index contributed by atoms with van der Waals surface area (Å²) in [4.78, 5) is 22.4. The van der Waals surface area contributed by atoms with Gasteiger partial charge >= 0.3 is 0 Å². The van der Waals surface area contributed by atoms with E-state index in [9.17, 15) is 14.9 Å². The van der Waals surface area contributed by atoms with Crippen molar-refractivity contribution in [2.75, 3.05) is 11.9 Å². The lowest BCUT2D eigenvalue weighted by Gasteiger charge is -2.07. The van der Waals surface area contributed by atoms with Crippen molar-refractivity contribution in [3.63, 3.8) is 0 Å². The number of para-hydroxylation sites is 2. The summed E-state index contributed by atoms with van der Waals surface area (Å²) in [6.45, 7) is 2.53. The normalized spacial score (nSPS) is 10.1. The van der Waals surface area contributed by atoms with Crippen LogP contribution in [0.25, 0.3) is 0 Å². The number of amides is 1. The Bertz CT molecular complexity index is 683. The van der Waals surface area contributed by atoms with Gasteiger partial charge in [0.25, 0.3) is 5.69 Å². The molecular weight excluding hydrogens is 296 g/mol. The van der Waals surface area contributed by atoms with Crippen molar-refractivity contribution in [2.45, 2.75) is 19.8 Å². The highest BCUT2D eigenvalue weighted by Gasteiger charge is 2.14. The van der Waals surface area contributed by atoms with E-state index in [4.69, 9.17) is 4.74 Å². The molecule has 0 saturated carbocycles. The summed E-state index contributed by atoms with van der Waals surface area (Å²) in [6.07, 6.45) is 0.804. The van der Waals surface area contributed by atoms with Gasteiger partial charge in [0.2, 0.25) is 5.91 Å². The van der Waals surface area contributed by atoms with Crippen LogP contribution < -0.4 is 10.1 Å². The maximum atomic E-state index is 12.0. The maximum Gasteiger partial charge on any atom is 0.292 e. The summed E-state index contributed by atoms with van der Waals surface area (Å²) < 4.78 is 5.36. The average molecular weight is 314 g/mol. The Hall–Kier alpha value is -2.89. The standard InChI is InChI=1S/C17H18N2O4/c1-2-23-14-10-7-13(8-11-14)9-12-17(20)18-15-5-3-4-6-16(15)19(21)22/h3-8,10-11H,2,9,12H2,1H3,(H,18,20). The molecule has 1 amide bonds. The highest BCUT2D eigenvalue weighted by atomic mass is 16.6. The second-order valence-corrected chi connectivity index (χ2v) is 4.90. The zero-order chi connectivity index (χ0) is 16.7. The molecular formula is C17H18N2O4. The van der Waals surface area contributed by atoms with Gasteiger partial charge in [-0.05, 0) is 37.1 Å². The number of nitrogens with one attached hydrogen (secondary N) is 1. The van der Waals surface area contributed by atoms with Gasteiger partial charge in [-0.1, -0.05) is 24.3 Å². The maximum absolute atomic E-state index is 12.0. The van der Waals surface area contributed by atoms with E-state index >= 15 is 0 Å². The van der Waals surface area contributed by atoms with E-state index in [1.807, 2.05) is 31.2 Å². The molecule has 0 heterocycles. The van der Waals surface area contributed by atoms with E-state index in [2.05, 4.69) is 5.32 Å². The monoisotopic (exact) mass is 314 g/mol. The van der Waals surface area contributed by atoms with Crippen LogP contribution in [0.5, 0.6) is 5.75 Å². The van der Waals surface area contributed by atoms with Gasteiger partial charge in [-0.2, -0.15) is 0 Å². The molecule has 0 bridgehead atoms. The minimum atomic E-state index is -0.512. The predicted octanol–water partition coefficient (Wildman–Crippen LogP) is 3.56. The van der Waals surface area contributed by atoms with E-state index in [0.29, 0.717) is 13.0 Å².